The summed E-state index contributed by atoms with van der Waals surface area (Å²) in [6.45, 7) is 0. The number of ether oxygens (including phenoxy) is 1. The summed E-state index contributed by atoms with van der Waals surface area (Å²) < 4.78 is 3.92. The standard InChI is InChI=1S/C6H8O7.3Na.3H/c7-3(8)1-2-4(9)13-6(12)5(10)11;;;;;;/h6,12H,1-2H2,(H,7,8)(H,10,11);;;;;;/q;3*+1;3*-1. The van der Waals surface area contributed by atoms with Gasteiger partial charge in [-0.2, -0.15) is 0 Å². The van der Waals surface area contributed by atoms with Crippen molar-refractivity contribution in [2.45, 2.75) is 19.1 Å². The van der Waals surface area contributed by atoms with Gasteiger partial charge in [-0.1, -0.05) is 0 Å². The van der Waals surface area contributed by atoms with Gasteiger partial charge in [0.25, 0.3) is 6.29 Å². The van der Waals surface area contributed by atoms with Crippen molar-refractivity contribution >= 4 is 17.9 Å². The van der Waals surface area contributed by atoms with Gasteiger partial charge in [0.2, 0.25) is 0 Å². The number of hydrogen-bond acceptors (Lipinski definition) is 5. The smallest absolute Gasteiger partial charge is 1.00 e. The molecule has 0 radical (unpaired) electrons. The van der Waals surface area contributed by atoms with Gasteiger partial charge >= 0.3 is 107 Å². The fourth-order valence-corrected chi connectivity index (χ4v) is 0.443. The first kappa shape index (κ1) is 26.0. The van der Waals surface area contributed by atoms with Crippen LogP contribution in [-0.2, 0) is 19.1 Å². The number of aliphatic hydroxyl groups is 1. The molecule has 80 valence electrons. The van der Waals surface area contributed by atoms with E-state index in [9.17, 15) is 14.4 Å². The minimum atomic E-state index is -2.23. The van der Waals surface area contributed by atoms with E-state index in [2.05, 4.69) is 4.74 Å². The molecule has 0 aromatic rings. The van der Waals surface area contributed by atoms with Crippen molar-refractivity contribution in [3.63, 3.8) is 0 Å². The van der Waals surface area contributed by atoms with Gasteiger partial charge in [0.1, 0.15) is 0 Å². The number of carboxylic acids is 2. The average Bonchev–Trinajstić information content (AvgIpc) is 2.00. The van der Waals surface area contributed by atoms with Crippen molar-refractivity contribution in [3.8, 4) is 0 Å². The van der Waals surface area contributed by atoms with Crippen molar-refractivity contribution in [2.75, 3.05) is 0 Å². The Morgan fingerprint density at radius 1 is 1.06 bits per heavy atom. The third-order valence-electron chi connectivity index (χ3n) is 0.997. The normalized spacial score (nSPS) is 9.56. The fraction of sp³-hybridized carbons (Fsp3) is 0.500. The zero-order chi connectivity index (χ0) is 10.4. The maximum atomic E-state index is 10.6. The van der Waals surface area contributed by atoms with E-state index in [1.807, 2.05) is 0 Å². The molecule has 1 atom stereocenters. The first-order valence-corrected chi connectivity index (χ1v) is 3.25. The Balaban J connectivity index is -0.0000000480. The zero-order valence-corrected chi connectivity index (χ0v) is 15.5. The van der Waals surface area contributed by atoms with Crippen molar-refractivity contribution < 1.29 is 127 Å². The molecule has 0 saturated carbocycles. The summed E-state index contributed by atoms with van der Waals surface area (Å²) in [5.41, 5.74) is 0. The third kappa shape index (κ3) is 15.4. The van der Waals surface area contributed by atoms with E-state index >= 15 is 0 Å². The largest absolute Gasteiger partial charge is 1.00 e. The van der Waals surface area contributed by atoms with Gasteiger partial charge in [0.05, 0.1) is 12.8 Å². The molecule has 0 aliphatic carbocycles. The van der Waals surface area contributed by atoms with E-state index in [1.54, 1.807) is 0 Å². The summed E-state index contributed by atoms with van der Waals surface area (Å²) >= 11 is 0. The quantitative estimate of drug-likeness (QED) is 0.256. The maximum Gasteiger partial charge on any atom is 1.00 e. The van der Waals surface area contributed by atoms with E-state index in [0.29, 0.717) is 0 Å². The van der Waals surface area contributed by atoms with Crippen LogP contribution >= 0.6 is 0 Å². The number of hydrogen-bond donors (Lipinski definition) is 3. The Bertz CT molecular complexity index is 244. The molecule has 1 unspecified atom stereocenters. The molecule has 0 aliphatic rings. The summed E-state index contributed by atoms with van der Waals surface area (Å²) in [6, 6.07) is 0. The molecule has 16 heavy (non-hydrogen) atoms. The second-order valence-electron chi connectivity index (χ2n) is 2.07. The minimum Gasteiger partial charge on any atom is -1.00 e. The molecular formula is C6H11Na3O7. The monoisotopic (exact) mass is 264 g/mol. The van der Waals surface area contributed by atoms with Crippen LogP contribution in [0.5, 0.6) is 0 Å². The summed E-state index contributed by atoms with van der Waals surface area (Å²) in [4.78, 5) is 30.4. The van der Waals surface area contributed by atoms with Crippen LogP contribution in [0.4, 0.5) is 0 Å². The Hall–Kier alpha value is 1.37. The number of carboxylic acid groups (broad SMARTS) is 2. The summed E-state index contributed by atoms with van der Waals surface area (Å²) in [5.74, 6) is -3.98. The van der Waals surface area contributed by atoms with Crippen LogP contribution in [0.15, 0.2) is 0 Å². The predicted octanol–water partition coefficient (Wildman–Crippen LogP) is -9.85. The van der Waals surface area contributed by atoms with Crippen LogP contribution in [0.1, 0.15) is 17.1 Å². The number of aliphatic carboxylic acids is 2. The SMILES string of the molecule is O=C(O)CCC(=O)OC(O)C(=O)O.[H-].[H-].[H-].[Na+].[Na+].[Na+]. The topological polar surface area (TPSA) is 121 Å². The molecule has 0 aromatic heterocycles. The molecule has 0 saturated heterocycles. The number of aliphatic hydroxyl groups excluding tert-OH is 1. The Kier molecular flexibility index (Phi) is 23.5. The molecule has 0 heterocycles. The molecule has 0 rings (SSSR count). The third-order valence-corrected chi connectivity index (χ3v) is 0.997. The molecule has 10 heteroatoms. The summed E-state index contributed by atoms with van der Waals surface area (Å²) in [6.07, 6.45) is -3.17. The van der Waals surface area contributed by atoms with E-state index < -0.39 is 37.0 Å². The number of rotatable bonds is 5. The van der Waals surface area contributed by atoms with Crippen LogP contribution < -0.4 is 88.7 Å². The van der Waals surface area contributed by atoms with Crippen LogP contribution in [0.2, 0.25) is 0 Å². The fourth-order valence-electron chi connectivity index (χ4n) is 0.443. The van der Waals surface area contributed by atoms with Gasteiger partial charge < -0.3 is 24.3 Å². The van der Waals surface area contributed by atoms with Crippen molar-refractivity contribution in [1.82, 2.24) is 0 Å². The van der Waals surface area contributed by atoms with Crippen LogP contribution in [0, 0.1) is 0 Å². The molecule has 0 spiro atoms. The van der Waals surface area contributed by atoms with Gasteiger partial charge in [0.15, 0.2) is 0 Å². The van der Waals surface area contributed by atoms with Gasteiger partial charge in [-0.05, 0) is 0 Å². The second kappa shape index (κ2) is 14.4. The molecule has 0 amide bonds. The summed E-state index contributed by atoms with van der Waals surface area (Å²) in [5, 5.41) is 24.7. The average molecular weight is 264 g/mol. The second-order valence-corrected chi connectivity index (χ2v) is 2.07. The van der Waals surface area contributed by atoms with E-state index in [1.165, 1.54) is 0 Å². The maximum absolute atomic E-state index is 10.6. The van der Waals surface area contributed by atoms with Crippen LogP contribution in [0.25, 0.3) is 0 Å². The molecule has 0 aliphatic heterocycles. The number of carbonyl (C=O) groups excluding carboxylic acids is 1. The van der Waals surface area contributed by atoms with Crippen molar-refractivity contribution in [1.29, 1.82) is 0 Å². The molecule has 0 bridgehead atoms. The number of carbonyl (C=O) groups is 3. The van der Waals surface area contributed by atoms with Gasteiger partial charge in [-0.15, -0.1) is 0 Å². The first-order valence-electron chi connectivity index (χ1n) is 3.25. The number of esters is 1. The van der Waals surface area contributed by atoms with Gasteiger partial charge in [-0.25, -0.2) is 4.79 Å². The Morgan fingerprint density at radius 3 is 1.81 bits per heavy atom. The summed E-state index contributed by atoms with van der Waals surface area (Å²) in [7, 11) is 0. The Morgan fingerprint density at radius 2 is 1.50 bits per heavy atom. The van der Waals surface area contributed by atoms with Gasteiger partial charge in [-0.3, -0.25) is 9.59 Å². The van der Waals surface area contributed by atoms with Crippen LogP contribution in [-0.4, -0.2) is 39.5 Å². The first-order chi connectivity index (χ1) is 5.93. The van der Waals surface area contributed by atoms with E-state index in [0.717, 1.165) is 0 Å². The van der Waals surface area contributed by atoms with E-state index in [4.69, 9.17) is 15.3 Å². The van der Waals surface area contributed by atoms with Crippen LogP contribution in [0.3, 0.4) is 0 Å². The molecular weight excluding hydrogens is 253 g/mol. The molecule has 3 N–H and O–H groups in total. The zero-order valence-electron chi connectivity index (χ0n) is 12.5. The van der Waals surface area contributed by atoms with Gasteiger partial charge in [0, 0.05) is 0 Å². The molecule has 0 fully saturated rings. The molecule has 0 aromatic carbocycles. The van der Waals surface area contributed by atoms with Crippen molar-refractivity contribution in [2.24, 2.45) is 0 Å². The Labute approximate surface area is 162 Å². The predicted molar refractivity (Wildman–Crippen MR) is 39.9 cm³/mol. The minimum absolute atomic E-state index is 0. The van der Waals surface area contributed by atoms with Crippen molar-refractivity contribution in [3.05, 3.63) is 0 Å². The van der Waals surface area contributed by atoms with E-state index in [-0.39, 0.29) is 93.0 Å². The molecule has 7 nitrogen and oxygen atoms in total.